The molecule has 1 saturated heterocycles. The Morgan fingerprint density at radius 1 is 1.21 bits per heavy atom. The lowest BCUT2D eigenvalue weighted by Crippen LogP contribution is -2.28. The monoisotopic (exact) mass is 339 g/mol. The van der Waals surface area contributed by atoms with Crippen molar-refractivity contribution in [1.29, 1.82) is 0 Å². The Kier molecular flexibility index (Phi) is 5.11. The molecule has 0 spiro atoms. The molecule has 0 aliphatic carbocycles. The molecule has 0 atom stereocenters. The number of amides is 1. The largest absolute Gasteiger partial charge is 0.358 e. The van der Waals surface area contributed by atoms with Gasteiger partial charge in [0.25, 0.3) is 0 Å². The van der Waals surface area contributed by atoms with Gasteiger partial charge in [-0.25, -0.2) is 0 Å². The molecule has 1 fully saturated rings. The Bertz CT molecular complexity index is 743. The van der Waals surface area contributed by atoms with Crippen molar-refractivity contribution in [3.8, 4) is 0 Å². The zero-order valence-electron chi connectivity index (χ0n) is 13.7. The number of rotatable bonds is 4. The van der Waals surface area contributed by atoms with E-state index in [2.05, 4.69) is 35.8 Å². The maximum atomic E-state index is 11.8. The molecule has 124 valence electrons. The highest BCUT2D eigenvalue weighted by Crippen LogP contribution is 2.22. The minimum absolute atomic E-state index is 0.200. The molecule has 24 heavy (non-hydrogen) atoms. The quantitative estimate of drug-likeness (QED) is 0.835. The first-order valence-electron chi connectivity index (χ1n) is 8.13. The van der Waals surface area contributed by atoms with Crippen LogP contribution in [0.2, 0.25) is 0 Å². The van der Waals surface area contributed by atoms with Crippen molar-refractivity contribution < 1.29 is 4.79 Å². The van der Waals surface area contributed by atoms with E-state index in [4.69, 9.17) is 12.2 Å². The van der Waals surface area contributed by atoms with Crippen LogP contribution < -0.4 is 15.5 Å². The summed E-state index contributed by atoms with van der Waals surface area (Å²) < 4.78 is 0. The lowest BCUT2D eigenvalue weighted by Gasteiger charge is -2.16. The van der Waals surface area contributed by atoms with Gasteiger partial charge in [-0.1, -0.05) is 29.8 Å². The third kappa shape index (κ3) is 4.11. The normalized spacial score (nSPS) is 13.9. The lowest BCUT2D eigenvalue weighted by atomic mass is 10.1. The van der Waals surface area contributed by atoms with Gasteiger partial charge in [0.2, 0.25) is 5.91 Å². The van der Waals surface area contributed by atoms with Gasteiger partial charge in [0, 0.05) is 30.9 Å². The van der Waals surface area contributed by atoms with Crippen LogP contribution in [0.15, 0.2) is 48.5 Å². The average molecular weight is 339 g/mol. The van der Waals surface area contributed by atoms with Crippen molar-refractivity contribution in [1.82, 2.24) is 5.32 Å². The summed E-state index contributed by atoms with van der Waals surface area (Å²) in [7, 11) is 0. The van der Waals surface area contributed by atoms with Gasteiger partial charge in [0.1, 0.15) is 0 Å². The standard InChI is InChI=1S/C19H21N3OS/c1-14-4-2-5-15(12-14)13-20-19(24)21-16-7-9-17(10-8-16)22-11-3-6-18(22)23/h2,4-5,7-10,12H,3,6,11,13H2,1H3,(H2,20,21,24). The predicted molar refractivity (Wildman–Crippen MR) is 102 cm³/mol. The Balaban J connectivity index is 1.53. The fourth-order valence-electron chi connectivity index (χ4n) is 2.83. The molecule has 0 radical (unpaired) electrons. The molecule has 2 aromatic rings. The molecule has 0 aromatic heterocycles. The molecular formula is C19H21N3OS. The van der Waals surface area contributed by atoms with Crippen LogP contribution >= 0.6 is 12.2 Å². The molecule has 1 aliphatic rings. The number of carbonyl (C=O) groups excluding carboxylic acids is 1. The van der Waals surface area contributed by atoms with Crippen LogP contribution in [0.3, 0.4) is 0 Å². The summed E-state index contributed by atoms with van der Waals surface area (Å²) in [5.74, 6) is 0.200. The van der Waals surface area contributed by atoms with Gasteiger partial charge in [-0.05, 0) is 55.4 Å². The number of carbonyl (C=O) groups is 1. The molecule has 1 heterocycles. The van der Waals surface area contributed by atoms with Crippen molar-refractivity contribution in [3.05, 3.63) is 59.7 Å². The van der Waals surface area contributed by atoms with Gasteiger partial charge in [-0.2, -0.15) is 0 Å². The van der Waals surface area contributed by atoms with E-state index in [0.29, 0.717) is 18.1 Å². The van der Waals surface area contributed by atoms with Crippen molar-refractivity contribution in [3.63, 3.8) is 0 Å². The summed E-state index contributed by atoms with van der Waals surface area (Å²) in [5.41, 5.74) is 4.29. The van der Waals surface area contributed by atoms with Gasteiger partial charge in [0.05, 0.1) is 0 Å². The predicted octanol–water partition coefficient (Wildman–Crippen LogP) is 3.61. The van der Waals surface area contributed by atoms with Gasteiger partial charge in [0.15, 0.2) is 5.11 Å². The Labute approximate surface area is 147 Å². The van der Waals surface area contributed by atoms with Crippen LogP contribution in [0.4, 0.5) is 11.4 Å². The molecule has 2 N–H and O–H groups in total. The molecule has 5 heteroatoms. The number of hydrogen-bond donors (Lipinski definition) is 2. The third-order valence-corrected chi connectivity index (χ3v) is 4.29. The molecule has 0 saturated carbocycles. The van der Waals surface area contributed by atoms with E-state index in [0.717, 1.165) is 24.3 Å². The molecule has 0 unspecified atom stereocenters. The van der Waals surface area contributed by atoms with E-state index in [1.165, 1.54) is 11.1 Å². The van der Waals surface area contributed by atoms with Crippen molar-refractivity contribution in [2.45, 2.75) is 26.3 Å². The minimum Gasteiger partial charge on any atom is -0.358 e. The summed E-state index contributed by atoms with van der Waals surface area (Å²) in [5, 5.41) is 6.96. The van der Waals surface area contributed by atoms with Crippen LogP contribution in [0.25, 0.3) is 0 Å². The van der Waals surface area contributed by atoms with Crippen LogP contribution in [0, 0.1) is 6.92 Å². The summed E-state index contributed by atoms with van der Waals surface area (Å²) in [6.07, 6.45) is 1.58. The lowest BCUT2D eigenvalue weighted by molar-refractivity contribution is -0.117. The van der Waals surface area contributed by atoms with Crippen LogP contribution in [-0.2, 0) is 11.3 Å². The zero-order valence-corrected chi connectivity index (χ0v) is 14.5. The van der Waals surface area contributed by atoms with E-state index < -0.39 is 0 Å². The maximum Gasteiger partial charge on any atom is 0.227 e. The number of nitrogens with one attached hydrogen (secondary N) is 2. The first-order valence-corrected chi connectivity index (χ1v) is 8.53. The molecule has 2 aromatic carbocycles. The fourth-order valence-corrected chi connectivity index (χ4v) is 3.02. The summed E-state index contributed by atoms with van der Waals surface area (Å²) >= 11 is 5.34. The summed E-state index contributed by atoms with van der Waals surface area (Å²) in [6, 6.07) is 16.1. The van der Waals surface area contributed by atoms with Gasteiger partial charge >= 0.3 is 0 Å². The second-order valence-electron chi connectivity index (χ2n) is 5.99. The topological polar surface area (TPSA) is 44.4 Å². The number of thiocarbonyl (C=S) groups is 1. The number of benzene rings is 2. The fraction of sp³-hybridized carbons (Fsp3) is 0.263. The van der Waals surface area contributed by atoms with Crippen LogP contribution in [-0.4, -0.2) is 17.6 Å². The van der Waals surface area contributed by atoms with Crippen LogP contribution in [0.5, 0.6) is 0 Å². The third-order valence-electron chi connectivity index (χ3n) is 4.05. The Hall–Kier alpha value is -2.40. The number of nitrogens with zero attached hydrogens (tertiary/aromatic N) is 1. The van der Waals surface area contributed by atoms with Gasteiger partial charge < -0.3 is 15.5 Å². The van der Waals surface area contributed by atoms with E-state index in [-0.39, 0.29) is 5.91 Å². The highest BCUT2D eigenvalue weighted by Gasteiger charge is 2.21. The molecule has 0 bridgehead atoms. The highest BCUT2D eigenvalue weighted by molar-refractivity contribution is 7.80. The zero-order chi connectivity index (χ0) is 16.9. The summed E-state index contributed by atoms with van der Waals surface area (Å²) in [4.78, 5) is 13.6. The van der Waals surface area contributed by atoms with E-state index in [9.17, 15) is 4.79 Å². The molecule has 1 amide bonds. The maximum absolute atomic E-state index is 11.8. The van der Waals surface area contributed by atoms with Gasteiger partial charge in [-0.15, -0.1) is 0 Å². The SMILES string of the molecule is Cc1cccc(CNC(=S)Nc2ccc(N3CCCC3=O)cc2)c1. The smallest absolute Gasteiger partial charge is 0.227 e. The second-order valence-corrected chi connectivity index (χ2v) is 6.40. The summed E-state index contributed by atoms with van der Waals surface area (Å²) in [6.45, 7) is 3.57. The Morgan fingerprint density at radius 3 is 2.67 bits per heavy atom. The minimum atomic E-state index is 0.200. The van der Waals surface area contributed by atoms with E-state index >= 15 is 0 Å². The Morgan fingerprint density at radius 2 is 2.00 bits per heavy atom. The van der Waals surface area contributed by atoms with Gasteiger partial charge in [-0.3, -0.25) is 4.79 Å². The number of aryl methyl sites for hydroxylation is 1. The van der Waals surface area contributed by atoms with E-state index in [1.54, 1.807) is 0 Å². The van der Waals surface area contributed by atoms with Crippen LogP contribution in [0.1, 0.15) is 24.0 Å². The first kappa shape index (κ1) is 16.5. The number of hydrogen-bond acceptors (Lipinski definition) is 2. The second kappa shape index (κ2) is 7.45. The average Bonchev–Trinajstić information content (AvgIpc) is 3.00. The molecular weight excluding hydrogens is 318 g/mol. The first-order chi connectivity index (χ1) is 11.6. The van der Waals surface area contributed by atoms with Crippen molar-refractivity contribution in [2.75, 3.05) is 16.8 Å². The van der Waals surface area contributed by atoms with Crippen molar-refractivity contribution in [2.24, 2.45) is 0 Å². The molecule has 1 aliphatic heterocycles. The van der Waals surface area contributed by atoms with Crippen molar-refractivity contribution >= 4 is 34.6 Å². The highest BCUT2D eigenvalue weighted by atomic mass is 32.1. The molecule has 4 nitrogen and oxygen atoms in total. The number of anilines is 2. The molecule has 3 rings (SSSR count). The van der Waals surface area contributed by atoms with E-state index in [1.807, 2.05) is 35.2 Å².